The molecule has 1 atom stereocenters. The topological polar surface area (TPSA) is 55.9 Å². The van der Waals surface area contributed by atoms with Crippen LogP contribution < -0.4 is 11.3 Å². The number of halogens is 2. The average molecular weight is 283 g/mol. The molecule has 4 nitrogen and oxygen atoms in total. The Balaban J connectivity index is 2.30. The van der Waals surface area contributed by atoms with E-state index in [1.807, 2.05) is 17.7 Å². The zero-order valence-corrected chi connectivity index (χ0v) is 11.4. The van der Waals surface area contributed by atoms with Crippen molar-refractivity contribution >= 4 is 11.6 Å². The van der Waals surface area contributed by atoms with E-state index in [0.29, 0.717) is 17.0 Å². The van der Waals surface area contributed by atoms with Gasteiger partial charge in [0.25, 0.3) is 0 Å². The molecule has 0 fully saturated rings. The maximum Gasteiger partial charge on any atom is 0.129 e. The Morgan fingerprint density at radius 3 is 2.95 bits per heavy atom. The van der Waals surface area contributed by atoms with E-state index in [0.717, 1.165) is 12.4 Å². The van der Waals surface area contributed by atoms with Crippen LogP contribution in [-0.4, -0.2) is 9.55 Å². The lowest BCUT2D eigenvalue weighted by atomic mass is 10.0. The van der Waals surface area contributed by atoms with Gasteiger partial charge in [-0.25, -0.2) is 9.37 Å². The van der Waals surface area contributed by atoms with Crippen LogP contribution in [0.4, 0.5) is 4.39 Å². The van der Waals surface area contributed by atoms with Gasteiger partial charge in [0.1, 0.15) is 11.6 Å². The molecule has 0 amide bonds. The van der Waals surface area contributed by atoms with E-state index in [2.05, 4.69) is 10.4 Å². The summed E-state index contributed by atoms with van der Waals surface area (Å²) in [5.74, 6) is 6.01. The Morgan fingerprint density at radius 1 is 1.53 bits per heavy atom. The number of aromatic nitrogens is 2. The minimum Gasteiger partial charge on any atom is -0.335 e. The van der Waals surface area contributed by atoms with Crippen molar-refractivity contribution in [2.75, 3.05) is 0 Å². The molecule has 1 aromatic carbocycles. The van der Waals surface area contributed by atoms with E-state index in [4.69, 9.17) is 17.4 Å². The second kappa shape index (κ2) is 6.14. The second-order valence-corrected chi connectivity index (χ2v) is 4.60. The molecule has 0 aliphatic carbocycles. The van der Waals surface area contributed by atoms with Gasteiger partial charge in [-0.2, -0.15) is 0 Å². The Kier molecular flexibility index (Phi) is 4.52. The Morgan fingerprint density at radius 2 is 2.32 bits per heavy atom. The van der Waals surface area contributed by atoms with Crippen LogP contribution in [0, 0.1) is 5.82 Å². The van der Waals surface area contributed by atoms with Gasteiger partial charge >= 0.3 is 0 Å². The van der Waals surface area contributed by atoms with Gasteiger partial charge in [-0.3, -0.25) is 11.3 Å². The minimum atomic E-state index is -0.415. The summed E-state index contributed by atoms with van der Waals surface area (Å²) in [4.78, 5) is 4.26. The molecule has 1 aromatic heterocycles. The molecular weight excluding hydrogens is 267 g/mol. The summed E-state index contributed by atoms with van der Waals surface area (Å²) in [7, 11) is 0. The number of hydrogen-bond acceptors (Lipinski definition) is 3. The summed E-state index contributed by atoms with van der Waals surface area (Å²) in [6.45, 7) is 2.82. The highest BCUT2D eigenvalue weighted by atomic mass is 35.5. The fourth-order valence-electron chi connectivity index (χ4n) is 2.09. The smallest absolute Gasteiger partial charge is 0.129 e. The van der Waals surface area contributed by atoms with Crippen LogP contribution >= 0.6 is 11.6 Å². The van der Waals surface area contributed by atoms with Crippen LogP contribution in [0.1, 0.15) is 24.4 Å². The van der Waals surface area contributed by atoms with Crippen LogP contribution in [0.25, 0.3) is 0 Å². The van der Waals surface area contributed by atoms with Gasteiger partial charge in [0.05, 0.1) is 6.04 Å². The summed E-state index contributed by atoms with van der Waals surface area (Å²) in [6.07, 6.45) is 4.07. The largest absolute Gasteiger partial charge is 0.335 e. The van der Waals surface area contributed by atoms with Crippen molar-refractivity contribution in [1.82, 2.24) is 15.0 Å². The van der Waals surface area contributed by atoms with Crippen molar-refractivity contribution in [3.05, 3.63) is 52.8 Å². The zero-order valence-electron chi connectivity index (χ0n) is 10.6. The Labute approximate surface area is 116 Å². The maximum absolute atomic E-state index is 13.9. The van der Waals surface area contributed by atoms with Crippen molar-refractivity contribution < 1.29 is 4.39 Å². The lowest BCUT2D eigenvalue weighted by Gasteiger charge is -2.18. The van der Waals surface area contributed by atoms with E-state index in [1.165, 1.54) is 6.07 Å². The first-order valence-electron chi connectivity index (χ1n) is 6.07. The van der Waals surface area contributed by atoms with Crippen molar-refractivity contribution in [2.24, 2.45) is 5.84 Å². The summed E-state index contributed by atoms with van der Waals surface area (Å²) in [5.41, 5.74) is 2.98. The van der Waals surface area contributed by atoms with Gasteiger partial charge in [-0.15, -0.1) is 0 Å². The summed E-state index contributed by atoms with van der Waals surface area (Å²) in [6, 6.07) is 4.18. The highest BCUT2D eigenvalue weighted by Crippen LogP contribution is 2.27. The fraction of sp³-hybridized carbons (Fsp3) is 0.308. The molecule has 1 unspecified atom stereocenters. The number of hydrazine groups is 1. The number of hydrogen-bond donors (Lipinski definition) is 2. The molecule has 2 rings (SSSR count). The molecule has 0 saturated carbocycles. The van der Waals surface area contributed by atoms with E-state index >= 15 is 0 Å². The molecule has 0 bridgehead atoms. The normalized spacial score (nSPS) is 12.6. The summed E-state index contributed by atoms with van der Waals surface area (Å²) < 4.78 is 15.9. The lowest BCUT2D eigenvalue weighted by molar-refractivity contribution is 0.493. The van der Waals surface area contributed by atoms with Crippen molar-refractivity contribution in [3.63, 3.8) is 0 Å². The molecule has 1 heterocycles. The van der Waals surface area contributed by atoms with E-state index in [9.17, 15) is 4.39 Å². The van der Waals surface area contributed by atoms with E-state index in [1.54, 1.807) is 18.3 Å². The second-order valence-electron chi connectivity index (χ2n) is 4.19. The molecule has 0 radical (unpaired) electrons. The first-order chi connectivity index (χ1) is 9.17. The SMILES string of the molecule is CCn1ccnc1CC(NN)c1c(F)cccc1Cl. The third kappa shape index (κ3) is 2.94. The first-order valence-corrected chi connectivity index (χ1v) is 6.45. The molecular formula is C13H16ClFN4. The van der Waals surface area contributed by atoms with Crippen molar-refractivity contribution in [1.29, 1.82) is 0 Å². The molecule has 0 aliphatic heterocycles. The number of nitrogens with zero attached hydrogens (tertiary/aromatic N) is 2. The monoisotopic (exact) mass is 282 g/mol. The summed E-state index contributed by atoms with van der Waals surface area (Å²) >= 11 is 6.05. The van der Waals surface area contributed by atoms with Gasteiger partial charge < -0.3 is 4.57 Å². The van der Waals surface area contributed by atoms with Gasteiger partial charge in [-0.1, -0.05) is 17.7 Å². The number of rotatable bonds is 5. The molecule has 0 spiro atoms. The van der Waals surface area contributed by atoms with Crippen LogP contribution in [0.5, 0.6) is 0 Å². The molecule has 2 aromatic rings. The highest BCUT2D eigenvalue weighted by Gasteiger charge is 2.20. The molecule has 0 aliphatic rings. The molecule has 0 saturated heterocycles. The predicted molar refractivity (Wildman–Crippen MR) is 73.1 cm³/mol. The molecule has 3 N–H and O–H groups in total. The zero-order chi connectivity index (χ0) is 13.8. The fourth-order valence-corrected chi connectivity index (χ4v) is 2.38. The van der Waals surface area contributed by atoms with Crippen LogP contribution in [0.2, 0.25) is 5.02 Å². The first kappa shape index (κ1) is 14.0. The van der Waals surface area contributed by atoms with Crippen LogP contribution in [0.3, 0.4) is 0 Å². The van der Waals surface area contributed by atoms with Crippen molar-refractivity contribution in [2.45, 2.75) is 25.9 Å². The number of nitrogens with two attached hydrogens (primary N) is 1. The van der Waals surface area contributed by atoms with Crippen LogP contribution in [-0.2, 0) is 13.0 Å². The lowest BCUT2D eigenvalue weighted by Crippen LogP contribution is -2.31. The maximum atomic E-state index is 13.9. The number of aryl methyl sites for hydroxylation is 1. The quantitative estimate of drug-likeness (QED) is 0.654. The third-order valence-corrected chi connectivity index (χ3v) is 3.41. The standard InChI is InChI=1S/C13H16ClFN4/c1-2-19-7-6-17-12(19)8-11(18-16)13-9(14)4-3-5-10(13)15/h3-7,11,18H,2,8,16H2,1H3. The van der Waals surface area contributed by atoms with Gasteiger partial charge in [0, 0.05) is 35.9 Å². The molecule has 6 heteroatoms. The predicted octanol–water partition coefficient (Wildman–Crippen LogP) is 2.44. The molecule has 19 heavy (non-hydrogen) atoms. The van der Waals surface area contributed by atoms with Crippen molar-refractivity contribution in [3.8, 4) is 0 Å². The minimum absolute atomic E-state index is 0.359. The Hall–Kier alpha value is -1.43. The van der Waals surface area contributed by atoms with E-state index in [-0.39, 0.29) is 5.82 Å². The van der Waals surface area contributed by atoms with Gasteiger partial charge in [-0.05, 0) is 19.1 Å². The Bertz CT molecular complexity index is 535. The van der Waals surface area contributed by atoms with Gasteiger partial charge in [0.2, 0.25) is 0 Å². The average Bonchev–Trinajstić information content (AvgIpc) is 2.84. The number of imidazole rings is 1. The number of benzene rings is 1. The highest BCUT2D eigenvalue weighted by molar-refractivity contribution is 6.31. The molecule has 102 valence electrons. The van der Waals surface area contributed by atoms with Crippen LogP contribution in [0.15, 0.2) is 30.6 Å². The summed E-state index contributed by atoms with van der Waals surface area (Å²) in [5, 5.41) is 0.359. The van der Waals surface area contributed by atoms with E-state index < -0.39 is 6.04 Å². The third-order valence-electron chi connectivity index (χ3n) is 3.08. The number of nitrogens with one attached hydrogen (secondary N) is 1. The van der Waals surface area contributed by atoms with Gasteiger partial charge in [0.15, 0.2) is 0 Å².